The Morgan fingerprint density at radius 3 is 1.42 bits per heavy atom. The maximum absolute atomic E-state index is 13.4. The normalized spacial score (nSPS) is 19.7. The van der Waals surface area contributed by atoms with Crippen LogP contribution in [0.5, 0.6) is 0 Å². The molecular formula is C65H113NO10. The van der Waals surface area contributed by atoms with E-state index in [1.165, 1.54) is 103 Å². The third-order valence-electron chi connectivity index (χ3n) is 14.1. The van der Waals surface area contributed by atoms with Gasteiger partial charge in [-0.05, 0) is 77.0 Å². The molecule has 1 aliphatic heterocycles. The number of unbranched alkanes of at least 4 members (excludes halogenated alkanes) is 25. The number of carbonyl (C=O) groups is 2. The Labute approximate surface area is 463 Å². The molecule has 1 rings (SSSR count). The van der Waals surface area contributed by atoms with E-state index in [1.807, 2.05) is 6.08 Å². The highest BCUT2D eigenvalue weighted by atomic mass is 16.7. The zero-order valence-electron chi connectivity index (χ0n) is 48.3. The molecule has 0 spiro atoms. The summed E-state index contributed by atoms with van der Waals surface area (Å²) in [6.45, 7) is 5.65. The third-order valence-corrected chi connectivity index (χ3v) is 14.1. The molecule has 1 saturated heterocycles. The van der Waals surface area contributed by atoms with Crippen molar-refractivity contribution >= 4 is 11.9 Å². The minimum Gasteiger partial charge on any atom is -0.454 e. The average Bonchev–Trinajstić information content (AvgIpc) is 3.42. The van der Waals surface area contributed by atoms with E-state index >= 15 is 0 Å². The van der Waals surface area contributed by atoms with Crippen LogP contribution in [0.1, 0.15) is 252 Å². The highest BCUT2D eigenvalue weighted by molar-refractivity contribution is 5.80. The number of esters is 1. The first-order chi connectivity index (χ1) is 37.2. The average molecular weight is 1070 g/mol. The molecule has 0 aromatic heterocycles. The van der Waals surface area contributed by atoms with Crippen LogP contribution < -0.4 is 5.32 Å². The Balaban J connectivity index is 2.69. The first kappa shape index (κ1) is 70.9. The molecule has 0 aromatic carbocycles. The molecule has 6 N–H and O–H groups in total. The molecule has 0 saturated carbocycles. The van der Waals surface area contributed by atoms with Gasteiger partial charge in [-0.15, -0.1) is 0 Å². The van der Waals surface area contributed by atoms with Gasteiger partial charge in [-0.1, -0.05) is 254 Å². The molecule has 0 radical (unpaired) electrons. The highest BCUT2D eigenvalue weighted by Gasteiger charge is 2.47. The van der Waals surface area contributed by atoms with Crippen molar-refractivity contribution in [1.29, 1.82) is 0 Å². The van der Waals surface area contributed by atoms with Crippen LogP contribution in [0.4, 0.5) is 0 Å². The number of ether oxygens (including phenoxy) is 3. The fourth-order valence-corrected chi connectivity index (χ4v) is 9.18. The summed E-state index contributed by atoms with van der Waals surface area (Å²) in [6, 6.07) is -1.04. The second-order valence-electron chi connectivity index (χ2n) is 21.1. The zero-order valence-corrected chi connectivity index (χ0v) is 48.3. The van der Waals surface area contributed by atoms with Crippen LogP contribution >= 0.6 is 0 Å². The van der Waals surface area contributed by atoms with Crippen molar-refractivity contribution in [2.24, 2.45) is 0 Å². The monoisotopic (exact) mass is 1070 g/mol. The van der Waals surface area contributed by atoms with Crippen molar-refractivity contribution in [2.75, 3.05) is 13.2 Å². The van der Waals surface area contributed by atoms with Gasteiger partial charge in [-0.2, -0.15) is 0 Å². The van der Waals surface area contributed by atoms with Gasteiger partial charge in [0.1, 0.15) is 24.4 Å². The van der Waals surface area contributed by atoms with E-state index in [9.17, 15) is 35.1 Å². The number of aliphatic hydroxyl groups is 5. The summed E-state index contributed by atoms with van der Waals surface area (Å²) in [5.74, 6) is -1.22. The Kier molecular flexibility index (Phi) is 49.0. The first-order valence-corrected chi connectivity index (χ1v) is 30.9. The largest absolute Gasteiger partial charge is 0.454 e. The number of carbonyl (C=O) groups excluding carboxylic acids is 2. The van der Waals surface area contributed by atoms with Gasteiger partial charge in [0, 0.05) is 6.42 Å². The van der Waals surface area contributed by atoms with E-state index in [-0.39, 0.29) is 19.4 Å². The molecule has 8 atom stereocenters. The fraction of sp³-hybridized carbons (Fsp3) is 0.754. The second kappa shape index (κ2) is 52.5. The predicted octanol–water partition coefficient (Wildman–Crippen LogP) is 14.6. The quantitative estimate of drug-likeness (QED) is 0.0195. The molecule has 8 unspecified atom stereocenters. The topological polar surface area (TPSA) is 175 Å². The SMILES string of the molecule is CC/C=C\C/C=C\C/C=C\C/C=C\C/C=C\C/C=C\CCCCCC(O)C(=O)NC(COC1OC(CO)C(O)C(O)C1OC(=O)CCCCCCCCCCCCCCCC)C(O)/C=C/CCCCCCCCCCC. The fourth-order valence-electron chi connectivity index (χ4n) is 9.18. The van der Waals surface area contributed by atoms with Crippen LogP contribution in [0.25, 0.3) is 0 Å². The lowest BCUT2D eigenvalue weighted by molar-refractivity contribution is -0.305. The number of allylic oxidation sites excluding steroid dienone is 13. The van der Waals surface area contributed by atoms with Crippen LogP contribution in [-0.2, 0) is 23.8 Å². The third kappa shape index (κ3) is 40.1. The van der Waals surface area contributed by atoms with Crippen LogP contribution in [0, 0.1) is 0 Å². The van der Waals surface area contributed by atoms with Gasteiger partial charge >= 0.3 is 5.97 Å². The van der Waals surface area contributed by atoms with Gasteiger partial charge in [-0.25, -0.2) is 0 Å². The van der Waals surface area contributed by atoms with Gasteiger partial charge in [-0.3, -0.25) is 9.59 Å². The smallest absolute Gasteiger partial charge is 0.306 e. The van der Waals surface area contributed by atoms with Crippen LogP contribution in [0.3, 0.4) is 0 Å². The number of amides is 1. The summed E-state index contributed by atoms with van der Waals surface area (Å²) in [7, 11) is 0. The van der Waals surface area contributed by atoms with Crippen molar-refractivity contribution in [2.45, 2.75) is 301 Å². The molecule has 0 aliphatic carbocycles. The van der Waals surface area contributed by atoms with Crippen molar-refractivity contribution < 1.29 is 49.3 Å². The van der Waals surface area contributed by atoms with Gasteiger partial charge < -0.3 is 45.1 Å². The maximum atomic E-state index is 13.4. The number of nitrogens with one attached hydrogen (secondary N) is 1. The number of rotatable bonds is 51. The van der Waals surface area contributed by atoms with Gasteiger partial charge in [0.25, 0.3) is 0 Å². The lowest BCUT2D eigenvalue weighted by Gasteiger charge is -2.41. The zero-order chi connectivity index (χ0) is 55.4. The summed E-state index contributed by atoms with van der Waals surface area (Å²) in [6.07, 6.45) is 57.6. The predicted molar refractivity (Wildman–Crippen MR) is 315 cm³/mol. The molecule has 11 nitrogen and oxygen atoms in total. The van der Waals surface area contributed by atoms with Crippen molar-refractivity contribution in [3.05, 3.63) is 85.1 Å². The molecule has 76 heavy (non-hydrogen) atoms. The molecule has 0 aromatic rings. The van der Waals surface area contributed by atoms with Crippen molar-refractivity contribution in [3.63, 3.8) is 0 Å². The Morgan fingerprint density at radius 1 is 0.526 bits per heavy atom. The minimum atomic E-state index is -1.62. The van der Waals surface area contributed by atoms with E-state index in [2.05, 4.69) is 99.0 Å². The lowest BCUT2D eigenvalue weighted by Crippen LogP contribution is -2.61. The summed E-state index contributed by atoms with van der Waals surface area (Å²) < 4.78 is 17.6. The summed E-state index contributed by atoms with van der Waals surface area (Å²) in [5.41, 5.74) is 0. The molecule has 11 heteroatoms. The van der Waals surface area contributed by atoms with E-state index in [4.69, 9.17) is 14.2 Å². The molecule has 1 aliphatic rings. The molecule has 1 heterocycles. The van der Waals surface area contributed by atoms with Crippen molar-refractivity contribution in [3.8, 4) is 0 Å². The molecule has 438 valence electrons. The Morgan fingerprint density at radius 2 is 0.947 bits per heavy atom. The molecule has 1 fully saturated rings. The van der Waals surface area contributed by atoms with E-state index in [0.717, 1.165) is 103 Å². The standard InChI is InChI=1S/C65H113NO10/c1-4-7-10-13-16-19-22-24-26-27-28-29-30-31-32-33-34-37-40-43-46-49-52-58(69)64(73)66-56(57(68)51-48-45-42-39-36-21-18-15-12-9-6-3)55-74-65-63(62(72)61(71)59(54-67)75-65)76-60(70)53-50-47-44-41-38-35-25-23-20-17-14-11-8-5-2/h7,10,16,19,24,26,28-29,31-32,34,37,48,51,56-59,61-63,65,67-69,71-72H,4-6,8-9,11-15,17-18,20-23,25,27,30,33,35-36,38-47,49-50,52-55H2,1-3H3,(H,66,73)/b10-7-,19-16-,26-24-,29-28-,32-31-,37-34-,51-48+. The van der Waals surface area contributed by atoms with E-state index in [0.29, 0.717) is 12.8 Å². The number of hydrogen-bond donors (Lipinski definition) is 6. The highest BCUT2D eigenvalue weighted by Crippen LogP contribution is 2.26. The Bertz CT molecular complexity index is 1560. The molecular weight excluding hydrogens is 955 g/mol. The van der Waals surface area contributed by atoms with E-state index in [1.54, 1.807) is 6.08 Å². The maximum Gasteiger partial charge on any atom is 0.306 e. The minimum absolute atomic E-state index is 0.120. The number of aliphatic hydroxyl groups excluding tert-OH is 5. The summed E-state index contributed by atoms with van der Waals surface area (Å²) in [5, 5.41) is 56.9. The Hall–Kier alpha value is -3.16. The van der Waals surface area contributed by atoms with E-state index < -0.39 is 67.4 Å². The van der Waals surface area contributed by atoms with Crippen LogP contribution in [0.15, 0.2) is 85.1 Å². The van der Waals surface area contributed by atoms with Gasteiger partial charge in [0.2, 0.25) is 5.91 Å². The van der Waals surface area contributed by atoms with Crippen LogP contribution in [-0.4, -0.2) is 99.6 Å². The molecule has 0 bridgehead atoms. The van der Waals surface area contributed by atoms with Gasteiger partial charge in [0.15, 0.2) is 12.4 Å². The molecule has 1 amide bonds. The lowest BCUT2D eigenvalue weighted by atomic mass is 9.99. The van der Waals surface area contributed by atoms with Crippen LogP contribution in [0.2, 0.25) is 0 Å². The first-order valence-electron chi connectivity index (χ1n) is 30.9. The number of hydrogen-bond acceptors (Lipinski definition) is 10. The summed E-state index contributed by atoms with van der Waals surface area (Å²) >= 11 is 0. The summed E-state index contributed by atoms with van der Waals surface area (Å²) in [4.78, 5) is 26.5. The van der Waals surface area contributed by atoms with Gasteiger partial charge in [0.05, 0.1) is 25.4 Å². The second-order valence-corrected chi connectivity index (χ2v) is 21.1. The van der Waals surface area contributed by atoms with Crippen molar-refractivity contribution in [1.82, 2.24) is 5.32 Å².